The Hall–Kier alpha value is -3.35. The number of carbonyl (C=O) groups excluding carboxylic acids is 2. The number of fused-ring (bicyclic) bond motifs is 4. The van der Waals surface area contributed by atoms with Gasteiger partial charge in [-0.15, -0.1) is 0 Å². The van der Waals surface area contributed by atoms with Crippen molar-refractivity contribution in [1.82, 2.24) is 10.6 Å². The maximum Gasteiger partial charge on any atom is 0.407 e. The first kappa shape index (κ1) is 20.3. The number of hydrogen-bond acceptors (Lipinski definition) is 4. The molecule has 2 amide bonds. The van der Waals surface area contributed by atoms with Gasteiger partial charge in [0.1, 0.15) is 12.1 Å². The minimum absolute atomic E-state index is 0.00278. The molecule has 3 unspecified atom stereocenters. The van der Waals surface area contributed by atoms with E-state index < -0.39 is 23.0 Å². The van der Waals surface area contributed by atoms with E-state index in [-0.39, 0.29) is 30.4 Å². The molecule has 2 aromatic carbocycles. The van der Waals surface area contributed by atoms with Crippen LogP contribution in [-0.4, -0.2) is 41.3 Å². The summed E-state index contributed by atoms with van der Waals surface area (Å²) in [4.78, 5) is 36.8. The van der Waals surface area contributed by atoms with Crippen molar-refractivity contribution < 1.29 is 24.2 Å². The topological polar surface area (TPSA) is 105 Å². The van der Waals surface area contributed by atoms with Crippen LogP contribution in [-0.2, 0) is 14.3 Å². The maximum absolute atomic E-state index is 12.8. The van der Waals surface area contributed by atoms with Gasteiger partial charge in [-0.05, 0) is 60.3 Å². The molecule has 4 aliphatic rings. The van der Waals surface area contributed by atoms with E-state index in [9.17, 15) is 19.5 Å². The minimum atomic E-state index is -1.07. The standard InChI is InChI=1S/C26H26N2O5/c29-22(28-26(9-10-26)23(30)31)25-12-15(25)11-16(13-25)27-24(32)33-14-21-19-7-3-1-5-17(19)18-6-2-4-8-20(18)21/h1-8,15-16,21H,9-14H2,(H,27,32)(H,28,29)(H,30,31). The van der Waals surface area contributed by atoms with E-state index in [1.807, 2.05) is 24.3 Å². The number of carboxylic acid groups (broad SMARTS) is 1. The lowest BCUT2D eigenvalue weighted by atomic mass is 9.98. The van der Waals surface area contributed by atoms with Crippen molar-refractivity contribution in [2.24, 2.45) is 11.3 Å². The lowest BCUT2D eigenvalue weighted by molar-refractivity contribution is -0.144. The van der Waals surface area contributed by atoms with Crippen molar-refractivity contribution in [3.8, 4) is 11.1 Å². The molecule has 7 nitrogen and oxygen atoms in total. The Balaban J connectivity index is 1.06. The van der Waals surface area contributed by atoms with Gasteiger partial charge in [-0.1, -0.05) is 48.5 Å². The number of hydrogen-bond donors (Lipinski definition) is 3. The van der Waals surface area contributed by atoms with E-state index >= 15 is 0 Å². The van der Waals surface area contributed by atoms with Crippen LogP contribution < -0.4 is 10.6 Å². The summed E-state index contributed by atoms with van der Waals surface area (Å²) in [6.07, 6.45) is 2.51. The Labute approximate surface area is 191 Å². The number of ether oxygens (including phenoxy) is 1. The number of rotatable bonds is 6. The molecule has 3 atom stereocenters. The first-order chi connectivity index (χ1) is 15.9. The summed E-state index contributed by atoms with van der Waals surface area (Å²) in [6.45, 7) is 0.253. The highest BCUT2D eigenvalue weighted by Gasteiger charge is 2.67. The molecule has 3 saturated carbocycles. The molecule has 0 aliphatic heterocycles. The number of alkyl carbamates (subject to hydrolysis) is 1. The van der Waals surface area contributed by atoms with Gasteiger partial charge in [0.15, 0.2) is 0 Å². The molecular formula is C26H26N2O5. The highest BCUT2D eigenvalue weighted by molar-refractivity contribution is 5.94. The molecule has 6 rings (SSSR count). The molecule has 4 aliphatic carbocycles. The van der Waals surface area contributed by atoms with Gasteiger partial charge in [0.25, 0.3) is 0 Å². The van der Waals surface area contributed by atoms with Crippen LogP contribution in [0.15, 0.2) is 48.5 Å². The van der Waals surface area contributed by atoms with Crippen LogP contribution in [0.5, 0.6) is 0 Å². The van der Waals surface area contributed by atoms with Gasteiger partial charge in [0.2, 0.25) is 5.91 Å². The van der Waals surface area contributed by atoms with Crippen molar-refractivity contribution in [2.45, 2.75) is 49.6 Å². The summed E-state index contributed by atoms with van der Waals surface area (Å²) in [5.41, 5.74) is 3.08. The van der Waals surface area contributed by atoms with E-state index in [1.54, 1.807) is 0 Å². The number of amides is 2. The predicted octanol–water partition coefficient (Wildman–Crippen LogP) is 3.43. The molecule has 0 saturated heterocycles. The van der Waals surface area contributed by atoms with Gasteiger partial charge in [-0.25, -0.2) is 9.59 Å². The van der Waals surface area contributed by atoms with E-state index in [0.29, 0.717) is 19.3 Å². The summed E-state index contributed by atoms with van der Waals surface area (Å²) in [6, 6.07) is 16.3. The summed E-state index contributed by atoms with van der Waals surface area (Å²) < 4.78 is 5.64. The van der Waals surface area contributed by atoms with Crippen molar-refractivity contribution in [1.29, 1.82) is 0 Å². The van der Waals surface area contributed by atoms with Crippen LogP contribution in [0.3, 0.4) is 0 Å². The normalized spacial score (nSPS) is 27.6. The van der Waals surface area contributed by atoms with Crippen LogP contribution in [0.25, 0.3) is 11.1 Å². The lowest BCUT2D eigenvalue weighted by Gasteiger charge is -2.21. The van der Waals surface area contributed by atoms with Gasteiger partial charge >= 0.3 is 12.1 Å². The van der Waals surface area contributed by atoms with E-state index in [4.69, 9.17) is 4.74 Å². The number of carbonyl (C=O) groups is 3. The zero-order valence-electron chi connectivity index (χ0n) is 18.2. The van der Waals surface area contributed by atoms with Crippen LogP contribution in [0.1, 0.15) is 49.1 Å². The molecular weight excluding hydrogens is 420 g/mol. The van der Waals surface area contributed by atoms with Crippen molar-refractivity contribution in [3.05, 3.63) is 59.7 Å². The zero-order valence-corrected chi connectivity index (χ0v) is 18.2. The third kappa shape index (κ3) is 3.21. The van der Waals surface area contributed by atoms with Gasteiger partial charge in [-0.3, -0.25) is 4.79 Å². The Morgan fingerprint density at radius 1 is 0.970 bits per heavy atom. The van der Waals surface area contributed by atoms with Crippen molar-refractivity contribution >= 4 is 18.0 Å². The summed E-state index contributed by atoms with van der Waals surface area (Å²) in [7, 11) is 0. The largest absolute Gasteiger partial charge is 0.480 e. The van der Waals surface area contributed by atoms with Crippen LogP contribution in [0.4, 0.5) is 4.79 Å². The molecule has 170 valence electrons. The SMILES string of the molecule is O=C(NC1CC2CC2(C(=O)NC2(C(=O)O)CC2)C1)OCC1c2ccccc2-c2ccccc21. The molecule has 7 heteroatoms. The Morgan fingerprint density at radius 2 is 1.61 bits per heavy atom. The van der Waals surface area contributed by atoms with Crippen LogP contribution in [0.2, 0.25) is 0 Å². The highest BCUT2D eigenvalue weighted by Crippen LogP contribution is 2.64. The van der Waals surface area contributed by atoms with Crippen LogP contribution in [0, 0.1) is 11.3 Å². The molecule has 33 heavy (non-hydrogen) atoms. The first-order valence-corrected chi connectivity index (χ1v) is 11.6. The van der Waals surface area contributed by atoms with Gasteiger partial charge in [-0.2, -0.15) is 0 Å². The van der Waals surface area contributed by atoms with Crippen molar-refractivity contribution in [3.63, 3.8) is 0 Å². The second-order valence-electron chi connectivity index (χ2n) is 10.0. The van der Waals surface area contributed by atoms with E-state index in [1.165, 1.54) is 11.1 Å². The van der Waals surface area contributed by atoms with Crippen LogP contribution >= 0.6 is 0 Å². The van der Waals surface area contributed by atoms with Gasteiger partial charge < -0.3 is 20.5 Å². The molecule has 0 spiro atoms. The van der Waals surface area contributed by atoms with Crippen molar-refractivity contribution in [2.75, 3.05) is 6.61 Å². The first-order valence-electron chi connectivity index (χ1n) is 11.6. The quantitative estimate of drug-likeness (QED) is 0.631. The molecule has 0 heterocycles. The van der Waals surface area contributed by atoms with Gasteiger partial charge in [0.05, 0.1) is 5.41 Å². The fourth-order valence-electron chi connectivity index (χ4n) is 5.95. The fourth-order valence-corrected chi connectivity index (χ4v) is 5.95. The van der Waals surface area contributed by atoms with Gasteiger partial charge in [0, 0.05) is 12.0 Å². The molecule has 2 aromatic rings. The number of aliphatic carboxylic acids is 1. The number of nitrogens with one attached hydrogen (secondary N) is 2. The molecule has 0 bridgehead atoms. The summed E-state index contributed by atoms with van der Waals surface area (Å²) in [5.74, 6) is -0.941. The highest BCUT2D eigenvalue weighted by atomic mass is 16.5. The maximum atomic E-state index is 12.8. The fraction of sp³-hybridized carbons (Fsp3) is 0.423. The smallest absolute Gasteiger partial charge is 0.407 e. The van der Waals surface area contributed by atoms with E-state index in [0.717, 1.165) is 24.0 Å². The number of carboxylic acids is 1. The monoisotopic (exact) mass is 446 g/mol. The summed E-state index contributed by atoms with van der Waals surface area (Å²) >= 11 is 0. The zero-order chi connectivity index (χ0) is 22.8. The Morgan fingerprint density at radius 3 is 2.21 bits per heavy atom. The third-order valence-electron chi connectivity index (χ3n) is 8.04. The lowest BCUT2D eigenvalue weighted by Crippen LogP contribution is -2.47. The second-order valence-corrected chi connectivity index (χ2v) is 10.0. The average Bonchev–Trinajstić information content (AvgIpc) is 3.68. The minimum Gasteiger partial charge on any atom is -0.480 e. The molecule has 0 radical (unpaired) electrons. The third-order valence-corrected chi connectivity index (χ3v) is 8.04. The predicted molar refractivity (Wildman–Crippen MR) is 120 cm³/mol. The Kier molecular flexibility index (Phi) is 4.34. The second kappa shape index (κ2) is 7.07. The summed E-state index contributed by atoms with van der Waals surface area (Å²) in [5, 5.41) is 15.0. The Bertz CT molecular complexity index is 1130. The number of benzene rings is 2. The molecule has 0 aromatic heterocycles. The molecule has 3 N–H and O–H groups in total. The molecule has 3 fully saturated rings. The average molecular weight is 447 g/mol. The van der Waals surface area contributed by atoms with E-state index in [2.05, 4.69) is 34.9 Å².